The first-order chi connectivity index (χ1) is 16.6. The number of rotatable bonds is 5. The fourth-order valence-corrected chi connectivity index (χ4v) is 4.26. The Balaban J connectivity index is 1.57. The largest absolute Gasteiger partial charge is 0.481 e. The smallest absolute Gasteiger partial charge is 0.425 e. The van der Waals surface area contributed by atoms with E-state index in [2.05, 4.69) is 10.6 Å². The van der Waals surface area contributed by atoms with E-state index in [1.807, 2.05) is 0 Å². The van der Waals surface area contributed by atoms with Gasteiger partial charge in [-0.15, -0.1) is 0 Å². The summed E-state index contributed by atoms with van der Waals surface area (Å²) < 4.78 is 54.4. The molecule has 0 bridgehead atoms. The molecule has 35 heavy (non-hydrogen) atoms. The van der Waals surface area contributed by atoms with Crippen molar-refractivity contribution in [1.29, 1.82) is 0 Å². The van der Waals surface area contributed by atoms with Crippen molar-refractivity contribution in [3.8, 4) is 5.75 Å². The summed E-state index contributed by atoms with van der Waals surface area (Å²) >= 11 is 6.50. The minimum Gasteiger partial charge on any atom is -0.481 e. The molecule has 0 amide bonds. The molecule has 2 heterocycles. The summed E-state index contributed by atoms with van der Waals surface area (Å²) in [5.74, 6) is -2.55. The highest BCUT2D eigenvalue weighted by atomic mass is 35.5. The highest BCUT2D eigenvalue weighted by molar-refractivity contribution is 6.33. The second-order valence-electron chi connectivity index (χ2n) is 8.38. The summed E-state index contributed by atoms with van der Waals surface area (Å²) in [6.45, 7) is 1.90. The number of carbonyl (C=O) groups is 2. The van der Waals surface area contributed by atoms with Gasteiger partial charge in [0.1, 0.15) is 5.75 Å². The van der Waals surface area contributed by atoms with Crippen LogP contribution in [0.5, 0.6) is 5.75 Å². The van der Waals surface area contributed by atoms with Gasteiger partial charge in [-0.1, -0.05) is 23.7 Å². The Morgan fingerprint density at radius 2 is 1.74 bits per heavy atom. The van der Waals surface area contributed by atoms with Gasteiger partial charge in [0.2, 0.25) is 0 Å². The molecule has 1 spiro atoms. The van der Waals surface area contributed by atoms with Gasteiger partial charge >= 0.3 is 18.1 Å². The number of fused-ring (bicyclic) bond motifs is 2. The summed E-state index contributed by atoms with van der Waals surface area (Å²) in [5.41, 5.74) is 2.64. The molecule has 0 radical (unpaired) electrons. The van der Waals surface area contributed by atoms with E-state index < -0.39 is 30.0 Å². The number of hydrogen-bond donors (Lipinski definition) is 2. The molecule has 0 aromatic heterocycles. The first-order valence-corrected chi connectivity index (χ1v) is 11.5. The van der Waals surface area contributed by atoms with Crippen LogP contribution < -0.4 is 15.4 Å². The normalized spacial score (nSPS) is 18.5. The number of esters is 2. The standard InChI is InChI=1S/C24H24ClF3N2O5/c1-14(24(26,27)28)33-16-4-2-15(3-5-16)12-30-22-17-10-11-29-13-23(18(17)6-7-19(22)25)34-20(31)8-9-21(32)35-23/h2-7,14,29-30H,8-13H2,1H3. The van der Waals surface area contributed by atoms with Crippen LogP contribution in [0.3, 0.4) is 0 Å². The number of anilines is 1. The molecule has 2 aliphatic rings. The van der Waals surface area contributed by atoms with E-state index in [4.69, 9.17) is 25.8 Å². The number of benzene rings is 2. The molecule has 4 rings (SSSR count). The molecule has 1 atom stereocenters. The lowest BCUT2D eigenvalue weighted by Crippen LogP contribution is -2.43. The van der Waals surface area contributed by atoms with Gasteiger partial charge in [0, 0.05) is 12.1 Å². The molecule has 2 aliphatic heterocycles. The maximum Gasteiger partial charge on any atom is 0.425 e. The second-order valence-corrected chi connectivity index (χ2v) is 8.78. The third-order valence-electron chi connectivity index (χ3n) is 5.84. The van der Waals surface area contributed by atoms with Crippen LogP contribution in [-0.2, 0) is 37.8 Å². The number of nitrogens with one attached hydrogen (secondary N) is 2. The van der Waals surface area contributed by atoms with Crippen LogP contribution >= 0.6 is 11.6 Å². The van der Waals surface area contributed by atoms with Crippen LogP contribution in [0, 0.1) is 0 Å². The van der Waals surface area contributed by atoms with E-state index in [0.29, 0.717) is 35.8 Å². The van der Waals surface area contributed by atoms with Crippen LogP contribution in [0.4, 0.5) is 18.9 Å². The minimum atomic E-state index is -4.45. The van der Waals surface area contributed by atoms with E-state index in [1.54, 1.807) is 24.3 Å². The fraction of sp³-hybridized carbons (Fsp3) is 0.417. The maximum atomic E-state index is 12.7. The van der Waals surface area contributed by atoms with Crippen LogP contribution in [-0.4, -0.2) is 37.3 Å². The van der Waals surface area contributed by atoms with Crippen molar-refractivity contribution in [3.63, 3.8) is 0 Å². The second kappa shape index (κ2) is 9.94. The number of ether oxygens (including phenoxy) is 3. The summed E-state index contributed by atoms with van der Waals surface area (Å²) in [6.07, 6.45) is -5.96. The molecule has 0 saturated carbocycles. The van der Waals surface area contributed by atoms with Gasteiger partial charge in [-0.3, -0.25) is 9.59 Å². The van der Waals surface area contributed by atoms with Crippen LogP contribution in [0.15, 0.2) is 36.4 Å². The van der Waals surface area contributed by atoms with Gasteiger partial charge in [-0.05, 0) is 55.3 Å². The fourth-order valence-electron chi connectivity index (χ4n) is 4.01. The van der Waals surface area contributed by atoms with Crippen molar-refractivity contribution >= 4 is 29.2 Å². The van der Waals surface area contributed by atoms with Gasteiger partial charge in [0.15, 0.2) is 6.10 Å². The Morgan fingerprint density at radius 1 is 1.09 bits per heavy atom. The SMILES string of the molecule is CC(Oc1ccc(CNc2c(Cl)ccc3c2CCNCC32OC(=O)CCC(=O)O2)cc1)C(F)(F)F. The number of alkyl halides is 3. The Hall–Kier alpha value is -2.98. The van der Waals surface area contributed by atoms with Gasteiger partial charge in [-0.25, -0.2) is 0 Å². The topological polar surface area (TPSA) is 85.9 Å². The predicted molar refractivity (Wildman–Crippen MR) is 121 cm³/mol. The highest BCUT2D eigenvalue weighted by Crippen LogP contribution is 2.40. The average molecular weight is 513 g/mol. The summed E-state index contributed by atoms with van der Waals surface area (Å²) in [6, 6.07) is 9.57. The lowest BCUT2D eigenvalue weighted by Gasteiger charge is -2.32. The van der Waals surface area contributed by atoms with Crippen molar-refractivity contribution in [2.75, 3.05) is 18.4 Å². The van der Waals surface area contributed by atoms with Gasteiger partial charge in [0.05, 0.1) is 30.1 Å². The van der Waals surface area contributed by atoms with Gasteiger partial charge < -0.3 is 24.8 Å². The third kappa shape index (κ3) is 5.65. The van der Waals surface area contributed by atoms with E-state index in [1.165, 1.54) is 12.1 Å². The van der Waals surface area contributed by atoms with Crippen LogP contribution in [0.1, 0.15) is 36.5 Å². The number of hydrogen-bond acceptors (Lipinski definition) is 7. The summed E-state index contributed by atoms with van der Waals surface area (Å²) in [7, 11) is 0. The molecular formula is C24H24ClF3N2O5. The third-order valence-corrected chi connectivity index (χ3v) is 6.15. The van der Waals surface area contributed by atoms with Gasteiger partial charge in [0.25, 0.3) is 5.79 Å². The van der Waals surface area contributed by atoms with E-state index in [-0.39, 0.29) is 25.1 Å². The summed E-state index contributed by atoms with van der Waals surface area (Å²) in [4.78, 5) is 24.5. The Bertz CT molecular complexity index is 1090. The van der Waals surface area contributed by atoms with Crippen LogP contribution in [0.25, 0.3) is 0 Å². The first kappa shape index (κ1) is 25.1. The molecule has 1 saturated heterocycles. The molecule has 2 aromatic carbocycles. The molecule has 2 aromatic rings. The lowest BCUT2D eigenvalue weighted by molar-refractivity contribution is -0.225. The molecule has 7 nitrogen and oxygen atoms in total. The Morgan fingerprint density at radius 3 is 2.37 bits per heavy atom. The summed E-state index contributed by atoms with van der Waals surface area (Å²) in [5, 5.41) is 6.85. The predicted octanol–water partition coefficient (Wildman–Crippen LogP) is 4.46. The van der Waals surface area contributed by atoms with E-state index in [0.717, 1.165) is 18.1 Å². The number of carbonyl (C=O) groups excluding carboxylic acids is 2. The average Bonchev–Trinajstić information content (AvgIpc) is 3.06. The molecule has 11 heteroatoms. The van der Waals surface area contributed by atoms with Crippen LogP contribution in [0.2, 0.25) is 5.02 Å². The minimum absolute atomic E-state index is 0.0595. The van der Waals surface area contributed by atoms with Crippen molar-refractivity contribution in [1.82, 2.24) is 5.32 Å². The molecule has 0 aliphatic carbocycles. The van der Waals surface area contributed by atoms with E-state index >= 15 is 0 Å². The monoisotopic (exact) mass is 512 g/mol. The maximum absolute atomic E-state index is 12.7. The zero-order chi connectivity index (χ0) is 25.2. The first-order valence-electron chi connectivity index (χ1n) is 11.1. The van der Waals surface area contributed by atoms with Crippen molar-refractivity contribution in [2.45, 2.75) is 50.8 Å². The van der Waals surface area contributed by atoms with Crippen molar-refractivity contribution < 1.29 is 37.0 Å². The lowest BCUT2D eigenvalue weighted by atomic mass is 9.96. The van der Waals surface area contributed by atoms with Crippen molar-refractivity contribution in [2.24, 2.45) is 0 Å². The number of halogens is 4. The quantitative estimate of drug-likeness (QED) is 0.572. The molecule has 1 unspecified atom stereocenters. The molecular weight excluding hydrogens is 489 g/mol. The van der Waals surface area contributed by atoms with Crippen molar-refractivity contribution in [3.05, 3.63) is 58.1 Å². The molecule has 2 N–H and O–H groups in total. The Labute approximate surface area is 204 Å². The zero-order valence-corrected chi connectivity index (χ0v) is 19.6. The highest BCUT2D eigenvalue weighted by Gasteiger charge is 2.46. The zero-order valence-electron chi connectivity index (χ0n) is 18.8. The Kier molecular flexibility index (Phi) is 7.14. The molecule has 188 valence electrons. The van der Waals surface area contributed by atoms with Gasteiger partial charge in [-0.2, -0.15) is 13.2 Å². The molecule has 1 fully saturated rings. The van der Waals surface area contributed by atoms with E-state index in [9.17, 15) is 22.8 Å².